The van der Waals surface area contributed by atoms with Crippen molar-refractivity contribution in [2.45, 2.75) is 18.8 Å². The lowest BCUT2D eigenvalue weighted by molar-refractivity contribution is 0.589. The molecule has 0 spiro atoms. The third-order valence-corrected chi connectivity index (χ3v) is 4.59. The molecule has 6 nitrogen and oxygen atoms in total. The highest BCUT2D eigenvalue weighted by molar-refractivity contribution is 5.85. The van der Waals surface area contributed by atoms with Gasteiger partial charge in [-0.1, -0.05) is 24.3 Å². The number of anilines is 3. The van der Waals surface area contributed by atoms with Crippen molar-refractivity contribution < 1.29 is 0 Å². The van der Waals surface area contributed by atoms with Crippen LogP contribution in [0.15, 0.2) is 24.3 Å². The summed E-state index contributed by atoms with van der Waals surface area (Å²) in [5.41, 5.74) is 16.4. The minimum Gasteiger partial charge on any atom is -0.382 e. The molecule has 4 rings (SSSR count). The molecule has 5 N–H and O–H groups in total. The molecule has 6 heteroatoms. The molecule has 2 aliphatic rings. The predicted molar refractivity (Wildman–Crippen MR) is 93.4 cm³/mol. The number of nitrogen functional groups attached to an aromatic ring is 2. The summed E-state index contributed by atoms with van der Waals surface area (Å²) in [6, 6.07) is 8.47. The van der Waals surface area contributed by atoms with Crippen molar-refractivity contribution in [1.29, 1.82) is 0 Å². The van der Waals surface area contributed by atoms with E-state index in [1.54, 1.807) is 0 Å². The Morgan fingerprint density at radius 3 is 2.52 bits per heavy atom. The standard InChI is InChI=1S/C17H22N6/c18-16-15(23-9-7-20-8-10-23)14(21-17(19)22-16)13-4-2-1-3-12(13)11-5-6-11/h1-4,11,20H,5-10H2,(H4,18,19,21,22). The Hall–Kier alpha value is -2.34. The van der Waals surface area contributed by atoms with Gasteiger partial charge in [0, 0.05) is 31.7 Å². The van der Waals surface area contributed by atoms with E-state index in [-0.39, 0.29) is 5.95 Å². The average molecular weight is 310 g/mol. The van der Waals surface area contributed by atoms with Crippen LogP contribution in [0.3, 0.4) is 0 Å². The molecule has 2 heterocycles. The van der Waals surface area contributed by atoms with Gasteiger partial charge in [-0.25, -0.2) is 4.98 Å². The fourth-order valence-corrected chi connectivity index (χ4v) is 3.34. The summed E-state index contributed by atoms with van der Waals surface area (Å²) >= 11 is 0. The van der Waals surface area contributed by atoms with Crippen LogP contribution in [0.5, 0.6) is 0 Å². The van der Waals surface area contributed by atoms with Crippen LogP contribution in [-0.4, -0.2) is 36.1 Å². The molecule has 1 aromatic carbocycles. The van der Waals surface area contributed by atoms with Crippen molar-refractivity contribution in [3.8, 4) is 11.3 Å². The second-order valence-corrected chi connectivity index (χ2v) is 6.26. The van der Waals surface area contributed by atoms with Crippen molar-refractivity contribution in [2.24, 2.45) is 0 Å². The van der Waals surface area contributed by atoms with E-state index < -0.39 is 0 Å². The number of hydrogen-bond acceptors (Lipinski definition) is 6. The second-order valence-electron chi connectivity index (χ2n) is 6.26. The molecule has 1 aromatic heterocycles. The fraction of sp³-hybridized carbons (Fsp3) is 0.412. The Balaban J connectivity index is 1.87. The molecule has 1 saturated carbocycles. The second kappa shape index (κ2) is 5.70. The summed E-state index contributed by atoms with van der Waals surface area (Å²) in [6.07, 6.45) is 2.49. The van der Waals surface area contributed by atoms with Crippen molar-refractivity contribution in [2.75, 3.05) is 42.5 Å². The maximum Gasteiger partial charge on any atom is 0.222 e. The molecule has 2 fully saturated rings. The number of piperazine rings is 1. The SMILES string of the molecule is Nc1nc(N)c(N2CCNCC2)c(-c2ccccc2C2CC2)n1. The normalized spacial score (nSPS) is 18.2. The van der Waals surface area contributed by atoms with E-state index in [1.165, 1.54) is 18.4 Å². The van der Waals surface area contributed by atoms with Crippen molar-refractivity contribution in [3.05, 3.63) is 29.8 Å². The molecule has 1 aliphatic carbocycles. The maximum absolute atomic E-state index is 6.24. The smallest absolute Gasteiger partial charge is 0.222 e. The van der Waals surface area contributed by atoms with Gasteiger partial charge in [0.15, 0.2) is 5.82 Å². The maximum atomic E-state index is 6.24. The molecule has 0 radical (unpaired) electrons. The van der Waals surface area contributed by atoms with Crippen LogP contribution in [0.2, 0.25) is 0 Å². The van der Waals surface area contributed by atoms with Crippen LogP contribution in [0.4, 0.5) is 17.5 Å². The Morgan fingerprint density at radius 2 is 1.78 bits per heavy atom. The topological polar surface area (TPSA) is 93.1 Å². The molecule has 0 amide bonds. The summed E-state index contributed by atoms with van der Waals surface area (Å²) in [4.78, 5) is 11.1. The monoisotopic (exact) mass is 310 g/mol. The highest BCUT2D eigenvalue weighted by Crippen LogP contribution is 2.46. The van der Waals surface area contributed by atoms with Gasteiger partial charge in [0.1, 0.15) is 11.4 Å². The van der Waals surface area contributed by atoms with E-state index in [1.807, 2.05) is 0 Å². The summed E-state index contributed by atoms with van der Waals surface area (Å²) in [5, 5.41) is 3.37. The van der Waals surface area contributed by atoms with E-state index in [4.69, 9.17) is 11.5 Å². The molecule has 0 bridgehead atoms. The lowest BCUT2D eigenvalue weighted by Gasteiger charge is -2.31. The van der Waals surface area contributed by atoms with Crippen molar-refractivity contribution >= 4 is 17.5 Å². The minimum atomic E-state index is 0.238. The van der Waals surface area contributed by atoms with E-state index in [2.05, 4.69) is 44.5 Å². The minimum absolute atomic E-state index is 0.238. The summed E-state index contributed by atoms with van der Waals surface area (Å²) in [7, 11) is 0. The summed E-state index contributed by atoms with van der Waals surface area (Å²) in [5.74, 6) is 1.35. The Labute approximate surface area is 135 Å². The van der Waals surface area contributed by atoms with Crippen LogP contribution in [0.25, 0.3) is 11.3 Å². The number of nitrogens with two attached hydrogens (primary N) is 2. The van der Waals surface area contributed by atoms with Crippen LogP contribution in [0, 0.1) is 0 Å². The predicted octanol–water partition coefficient (Wildman–Crippen LogP) is 1.59. The number of hydrogen-bond donors (Lipinski definition) is 3. The first kappa shape index (κ1) is 14.3. The molecular formula is C17H22N6. The molecule has 23 heavy (non-hydrogen) atoms. The highest BCUT2D eigenvalue weighted by atomic mass is 15.2. The van der Waals surface area contributed by atoms with Gasteiger partial charge < -0.3 is 21.7 Å². The quantitative estimate of drug-likeness (QED) is 0.797. The summed E-state index contributed by atoms with van der Waals surface area (Å²) in [6.45, 7) is 3.67. The van der Waals surface area contributed by atoms with Crippen LogP contribution in [0.1, 0.15) is 24.3 Å². The number of aromatic nitrogens is 2. The number of benzene rings is 1. The van der Waals surface area contributed by atoms with Gasteiger partial charge in [-0.05, 0) is 24.3 Å². The molecule has 1 saturated heterocycles. The molecule has 0 atom stereocenters. The Kier molecular flexibility index (Phi) is 3.53. The third kappa shape index (κ3) is 2.70. The van der Waals surface area contributed by atoms with Crippen LogP contribution >= 0.6 is 0 Å². The van der Waals surface area contributed by atoms with Gasteiger partial charge in [0.2, 0.25) is 5.95 Å². The van der Waals surface area contributed by atoms with Gasteiger partial charge in [-0.3, -0.25) is 0 Å². The van der Waals surface area contributed by atoms with Crippen molar-refractivity contribution in [3.63, 3.8) is 0 Å². The van der Waals surface area contributed by atoms with Crippen LogP contribution in [-0.2, 0) is 0 Å². The molecular weight excluding hydrogens is 288 g/mol. The average Bonchev–Trinajstić information content (AvgIpc) is 3.40. The van der Waals surface area contributed by atoms with Gasteiger partial charge in [0.25, 0.3) is 0 Å². The lowest BCUT2D eigenvalue weighted by Crippen LogP contribution is -2.44. The molecule has 0 unspecified atom stereocenters. The highest BCUT2D eigenvalue weighted by Gasteiger charge is 2.29. The number of nitrogens with zero attached hydrogens (tertiary/aromatic N) is 3. The van der Waals surface area contributed by atoms with Crippen LogP contribution < -0.4 is 21.7 Å². The molecule has 1 aliphatic heterocycles. The van der Waals surface area contributed by atoms with Gasteiger partial charge in [-0.15, -0.1) is 0 Å². The largest absolute Gasteiger partial charge is 0.382 e. The zero-order chi connectivity index (χ0) is 15.8. The van der Waals surface area contributed by atoms with E-state index >= 15 is 0 Å². The van der Waals surface area contributed by atoms with Gasteiger partial charge >= 0.3 is 0 Å². The van der Waals surface area contributed by atoms with Gasteiger partial charge in [-0.2, -0.15) is 4.98 Å². The van der Waals surface area contributed by atoms with E-state index in [9.17, 15) is 0 Å². The fourth-order valence-electron chi connectivity index (χ4n) is 3.34. The molecule has 120 valence electrons. The first-order chi connectivity index (χ1) is 11.2. The third-order valence-electron chi connectivity index (χ3n) is 4.59. The number of rotatable bonds is 3. The Bertz CT molecular complexity index is 719. The van der Waals surface area contributed by atoms with E-state index in [0.29, 0.717) is 11.7 Å². The zero-order valence-electron chi connectivity index (χ0n) is 13.1. The van der Waals surface area contributed by atoms with E-state index in [0.717, 1.165) is 43.1 Å². The Morgan fingerprint density at radius 1 is 1.04 bits per heavy atom. The van der Waals surface area contributed by atoms with Gasteiger partial charge in [0.05, 0.1) is 0 Å². The first-order valence-electron chi connectivity index (χ1n) is 8.22. The molecule has 2 aromatic rings. The summed E-state index contributed by atoms with van der Waals surface area (Å²) < 4.78 is 0. The lowest BCUT2D eigenvalue weighted by atomic mass is 9.99. The number of nitrogens with one attached hydrogen (secondary N) is 1. The zero-order valence-corrected chi connectivity index (χ0v) is 13.1. The van der Waals surface area contributed by atoms with Crippen molar-refractivity contribution in [1.82, 2.24) is 15.3 Å². The first-order valence-corrected chi connectivity index (χ1v) is 8.22.